The molecule has 24 heavy (non-hydrogen) atoms. The first-order chi connectivity index (χ1) is 11.6. The normalized spacial score (nSPS) is 13.7. The van der Waals surface area contributed by atoms with Gasteiger partial charge in [0, 0.05) is 6.54 Å². The summed E-state index contributed by atoms with van der Waals surface area (Å²) in [6.07, 6.45) is 3.04. The van der Waals surface area contributed by atoms with Crippen molar-refractivity contribution in [2.24, 2.45) is 0 Å². The Hall–Kier alpha value is -2.55. The van der Waals surface area contributed by atoms with Crippen molar-refractivity contribution in [1.82, 2.24) is 15.1 Å². The first kappa shape index (κ1) is 16.3. The number of rotatable bonds is 5. The van der Waals surface area contributed by atoms with Crippen LogP contribution in [0.1, 0.15) is 12.7 Å². The zero-order valence-corrected chi connectivity index (χ0v) is 13.8. The summed E-state index contributed by atoms with van der Waals surface area (Å²) < 4.78 is 6.19. The van der Waals surface area contributed by atoms with Crippen molar-refractivity contribution in [2.75, 3.05) is 17.2 Å². The monoisotopic (exact) mass is 348 g/mol. The molecule has 8 nitrogen and oxygen atoms in total. The molecule has 1 aliphatic rings. The lowest BCUT2D eigenvalue weighted by Gasteiger charge is -2.26. The number of carbonyl (C=O) groups is 2. The molecule has 0 spiro atoms. The van der Waals surface area contributed by atoms with Gasteiger partial charge in [0.2, 0.25) is 11.8 Å². The fourth-order valence-electron chi connectivity index (χ4n) is 2.40. The Morgan fingerprint density at radius 1 is 1.46 bits per heavy atom. The molecule has 0 aliphatic carbocycles. The standard InChI is InChI=1S/C15H16N4O4S/c1-2-18-13(21)9-24-11-7-17-19(15(22)14(11)18)8-12(20)16-6-10-4-3-5-23-10/h3-5,7H,2,6,8-9H2,1H3,(H,16,20). The van der Waals surface area contributed by atoms with Gasteiger partial charge in [-0.2, -0.15) is 5.10 Å². The third kappa shape index (κ3) is 3.21. The maximum atomic E-state index is 12.6. The molecule has 3 rings (SSSR count). The Labute approximate surface area is 141 Å². The van der Waals surface area contributed by atoms with Gasteiger partial charge in [-0.25, -0.2) is 4.68 Å². The minimum Gasteiger partial charge on any atom is -0.467 e. The van der Waals surface area contributed by atoms with Crippen LogP contribution in [-0.4, -0.2) is 33.9 Å². The van der Waals surface area contributed by atoms with E-state index in [1.807, 2.05) is 0 Å². The summed E-state index contributed by atoms with van der Waals surface area (Å²) >= 11 is 1.29. The molecule has 9 heteroatoms. The van der Waals surface area contributed by atoms with Gasteiger partial charge in [-0.3, -0.25) is 14.4 Å². The van der Waals surface area contributed by atoms with Gasteiger partial charge in [0.25, 0.3) is 5.56 Å². The van der Waals surface area contributed by atoms with Crippen molar-refractivity contribution in [2.45, 2.75) is 24.9 Å². The predicted molar refractivity (Wildman–Crippen MR) is 87.8 cm³/mol. The van der Waals surface area contributed by atoms with Crippen molar-refractivity contribution >= 4 is 29.3 Å². The van der Waals surface area contributed by atoms with E-state index in [4.69, 9.17) is 4.42 Å². The molecule has 0 aromatic carbocycles. The van der Waals surface area contributed by atoms with Crippen LogP contribution in [0.25, 0.3) is 0 Å². The van der Waals surface area contributed by atoms with Crippen LogP contribution in [0.5, 0.6) is 0 Å². The molecule has 2 amide bonds. The Morgan fingerprint density at radius 3 is 3.00 bits per heavy atom. The Balaban J connectivity index is 1.77. The number of aromatic nitrogens is 2. The lowest BCUT2D eigenvalue weighted by molar-refractivity contribution is -0.122. The van der Waals surface area contributed by atoms with Crippen molar-refractivity contribution in [3.8, 4) is 0 Å². The van der Waals surface area contributed by atoms with Crippen LogP contribution in [0.4, 0.5) is 5.69 Å². The summed E-state index contributed by atoms with van der Waals surface area (Å²) in [5, 5.41) is 6.69. The summed E-state index contributed by atoms with van der Waals surface area (Å²) in [5.74, 6) is 0.425. The van der Waals surface area contributed by atoms with Gasteiger partial charge in [0.15, 0.2) is 0 Å². The third-order valence-corrected chi connectivity index (χ3v) is 4.56. The largest absolute Gasteiger partial charge is 0.467 e. The minimum absolute atomic E-state index is 0.118. The highest BCUT2D eigenvalue weighted by Crippen LogP contribution is 2.31. The average molecular weight is 348 g/mol. The van der Waals surface area contributed by atoms with E-state index >= 15 is 0 Å². The van der Waals surface area contributed by atoms with Crippen molar-refractivity contribution in [3.05, 3.63) is 40.7 Å². The van der Waals surface area contributed by atoms with Gasteiger partial charge < -0.3 is 14.6 Å². The molecule has 0 bridgehead atoms. The summed E-state index contributed by atoms with van der Waals surface area (Å²) in [7, 11) is 0. The molecule has 2 aromatic rings. The van der Waals surface area contributed by atoms with Gasteiger partial charge in [-0.1, -0.05) is 0 Å². The van der Waals surface area contributed by atoms with E-state index in [1.165, 1.54) is 29.1 Å². The van der Waals surface area contributed by atoms with Crippen LogP contribution in [0.3, 0.4) is 0 Å². The van der Waals surface area contributed by atoms with Crippen LogP contribution in [0.15, 0.2) is 38.7 Å². The Morgan fingerprint density at radius 2 is 2.29 bits per heavy atom. The molecule has 0 saturated heterocycles. The smallest absolute Gasteiger partial charge is 0.292 e. The molecule has 0 atom stereocenters. The van der Waals surface area contributed by atoms with Gasteiger partial charge in [-0.05, 0) is 19.1 Å². The minimum atomic E-state index is -0.442. The molecule has 0 radical (unpaired) electrons. The molecule has 126 valence electrons. The molecule has 3 heterocycles. The second-order valence-corrected chi connectivity index (χ2v) is 6.12. The van der Waals surface area contributed by atoms with Gasteiger partial charge in [0.05, 0.1) is 29.7 Å². The SMILES string of the molecule is CCN1C(=O)CSc2cnn(CC(=O)NCc3ccco3)c(=O)c21. The summed E-state index contributed by atoms with van der Waals surface area (Å²) in [6.45, 7) is 2.22. The molecular weight excluding hydrogens is 332 g/mol. The fourth-order valence-corrected chi connectivity index (χ4v) is 3.29. The van der Waals surface area contributed by atoms with E-state index in [1.54, 1.807) is 19.1 Å². The second-order valence-electron chi connectivity index (χ2n) is 5.10. The quantitative estimate of drug-likeness (QED) is 0.850. The molecule has 2 aromatic heterocycles. The van der Waals surface area contributed by atoms with Gasteiger partial charge in [0.1, 0.15) is 18.0 Å². The maximum absolute atomic E-state index is 12.6. The van der Waals surface area contributed by atoms with Crippen LogP contribution in [0.2, 0.25) is 0 Å². The lowest BCUT2D eigenvalue weighted by Crippen LogP contribution is -2.42. The van der Waals surface area contributed by atoms with E-state index in [0.29, 0.717) is 22.9 Å². The van der Waals surface area contributed by atoms with Crippen LogP contribution >= 0.6 is 11.8 Å². The number of hydrogen-bond acceptors (Lipinski definition) is 6. The van der Waals surface area contributed by atoms with E-state index < -0.39 is 5.56 Å². The average Bonchev–Trinajstić information content (AvgIpc) is 3.09. The summed E-state index contributed by atoms with van der Waals surface area (Å²) in [5.41, 5.74) is -0.143. The first-order valence-corrected chi connectivity index (χ1v) is 8.41. The molecule has 0 fully saturated rings. The lowest BCUT2D eigenvalue weighted by atomic mass is 10.3. The summed E-state index contributed by atoms with van der Waals surface area (Å²) in [6, 6.07) is 3.47. The predicted octanol–water partition coefficient (Wildman–Crippen LogP) is 0.611. The number of carbonyl (C=O) groups excluding carboxylic acids is 2. The third-order valence-electron chi connectivity index (χ3n) is 3.56. The van der Waals surface area contributed by atoms with Gasteiger partial charge in [-0.15, -0.1) is 11.8 Å². The van der Waals surface area contributed by atoms with E-state index in [9.17, 15) is 14.4 Å². The number of furan rings is 1. The number of anilines is 1. The maximum Gasteiger partial charge on any atom is 0.292 e. The molecular formula is C15H16N4O4S. The van der Waals surface area contributed by atoms with Crippen LogP contribution in [0, 0.1) is 0 Å². The molecule has 1 aliphatic heterocycles. The zero-order chi connectivity index (χ0) is 17.1. The first-order valence-electron chi connectivity index (χ1n) is 7.42. The van der Waals surface area contributed by atoms with Crippen molar-refractivity contribution in [1.29, 1.82) is 0 Å². The highest BCUT2D eigenvalue weighted by molar-refractivity contribution is 8.00. The molecule has 0 saturated carbocycles. The molecule has 1 N–H and O–H groups in total. The number of amides is 2. The number of thioether (sulfide) groups is 1. The number of hydrogen-bond donors (Lipinski definition) is 1. The number of nitrogens with one attached hydrogen (secondary N) is 1. The van der Waals surface area contributed by atoms with Crippen molar-refractivity contribution < 1.29 is 14.0 Å². The number of nitrogens with zero attached hydrogens (tertiary/aromatic N) is 3. The van der Waals surface area contributed by atoms with E-state index in [-0.39, 0.29) is 30.7 Å². The highest BCUT2D eigenvalue weighted by atomic mass is 32.2. The Bertz CT molecular complexity index is 815. The highest BCUT2D eigenvalue weighted by Gasteiger charge is 2.28. The fraction of sp³-hybridized carbons (Fsp3) is 0.333. The van der Waals surface area contributed by atoms with E-state index in [0.717, 1.165) is 4.68 Å². The number of fused-ring (bicyclic) bond motifs is 1. The molecule has 0 unspecified atom stereocenters. The Kier molecular flexibility index (Phi) is 4.70. The summed E-state index contributed by atoms with van der Waals surface area (Å²) in [4.78, 5) is 38.6. The second kappa shape index (κ2) is 6.91. The van der Waals surface area contributed by atoms with Gasteiger partial charge >= 0.3 is 0 Å². The topological polar surface area (TPSA) is 97.4 Å². The van der Waals surface area contributed by atoms with Crippen LogP contribution < -0.4 is 15.8 Å². The van der Waals surface area contributed by atoms with Crippen LogP contribution in [-0.2, 0) is 22.7 Å². The zero-order valence-electron chi connectivity index (χ0n) is 13.0. The van der Waals surface area contributed by atoms with E-state index in [2.05, 4.69) is 10.4 Å². The van der Waals surface area contributed by atoms with Crippen molar-refractivity contribution in [3.63, 3.8) is 0 Å².